The molecule has 0 spiro atoms. The molecule has 24 heavy (non-hydrogen) atoms. The SMILES string of the molecule is Oc1ccc(O)c(Nc2nc(F)nc3c2ncn3C2CCCO2)c1. The van der Waals surface area contributed by atoms with Crippen LogP contribution in [0.25, 0.3) is 11.2 Å². The fraction of sp³-hybridized carbons (Fsp3) is 0.267. The highest BCUT2D eigenvalue weighted by molar-refractivity contribution is 5.86. The maximum Gasteiger partial charge on any atom is 0.312 e. The van der Waals surface area contributed by atoms with E-state index in [1.165, 1.54) is 24.5 Å². The Morgan fingerprint density at radius 2 is 2.17 bits per heavy atom. The van der Waals surface area contributed by atoms with E-state index in [1.807, 2.05) is 0 Å². The number of fused-ring (bicyclic) bond motifs is 1. The Hall–Kier alpha value is -2.94. The van der Waals surface area contributed by atoms with Gasteiger partial charge in [0.15, 0.2) is 17.0 Å². The average Bonchev–Trinajstić information content (AvgIpc) is 3.19. The zero-order chi connectivity index (χ0) is 16.7. The van der Waals surface area contributed by atoms with Gasteiger partial charge in [0, 0.05) is 12.7 Å². The Kier molecular flexibility index (Phi) is 3.42. The second-order valence-corrected chi connectivity index (χ2v) is 5.46. The number of hydrogen-bond donors (Lipinski definition) is 3. The summed E-state index contributed by atoms with van der Waals surface area (Å²) in [6.07, 6.45) is 2.09. The van der Waals surface area contributed by atoms with Gasteiger partial charge >= 0.3 is 6.08 Å². The van der Waals surface area contributed by atoms with Gasteiger partial charge in [0.1, 0.15) is 17.7 Å². The molecule has 0 aliphatic carbocycles. The van der Waals surface area contributed by atoms with Crippen LogP contribution in [0, 0.1) is 6.08 Å². The first kappa shape index (κ1) is 14.6. The third-order valence-electron chi connectivity index (χ3n) is 3.84. The van der Waals surface area contributed by atoms with Crippen molar-refractivity contribution in [2.45, 2.75) is 19.1 Å². The van der Waals surface area contributed by atoms with Crippen LogP contribution in [0.3, 0.4) is 0 Å². The number of imidazole rings is 1. The number of hydrogen-bond acceptors (Lipinski definition) is 7. The summed E-state index contributed by atoms with van der Waals surface area (Å²) in [7, 11) is 0. The van der Waals surface area contributed by atoms with Gasteiger partial charge in [0.05, 0.1) is 12.0 Å². The van der Waals surface area contributed by atoms with E-state index in [9.17, 15) is 14.6 Å². The fourth-order valence-corrected chi connectivity index (χ4v) is 2.72. The third-order valence-corrected chi connectivity index (χ3v) is 3.84. The zero-order valence-corrected chi connectivity index (χ0v) is 12.5. The Morgan fingerprint density at radius 3 is 2.96 bits per heavy atom. The van der Waals surface area contributed by atoms with Gasteiger partial charge < -0.3 is 20.3 Å². The molecule has 124 valence electrons. The fourth-order valence-electron chi connectivity index (χ4n) is 2.72. The van der Waals surface area contributed by atoms with E-state index in [0.717, 1.165) is 12.8 Å². The lowest BCUT2D eigenvalue weighted by Crippen LogP contribution is -2.08. The number of rotatable bonds is 3. The minimum atomic E-state index is -0.926. The molecule has 3 heterocycles. The number of aromatic hydroxyl groups is 2. The van der Waals surface area contributed by atoms with Crippen LogP contribution in [-0.4, -0.2) is 36.3 Å². The predicted octanol–water partition coefficient (Wildman–Crippen LogP) is 2.43. The number of ether oxygens (including phenoxy) is 1. The molecule has 0 saturated carbocycles. The average molecular weight is 331 g/mol. The predicted molar refractivity (Wildman–Crippen MR) is 82.6 cm³/mol. The maximum atomic E-state index is 13.9. The van der Waals surface area contributed by atoms with Crippen molar-refractivity contribution in [1.29, 1.82) is 0 Å². The molecule has 1 aromatic carbocycles. The van der Waals surface area contributed by atoms with Crippen molar-refractivity contribution in [2.24, 2.45) is 0 Å². The van der Waals surface area contributed by atoms with Crippen LogP contribution in [0.15, 0.2) is 24.5 Å². The summed E-state index contributed by atoms with van der Waals surface area (Å²) >= 11 is 0. The van der Waals surface area contributed by atoms with Crippen molar-refractivity contribution in [2.75, 3.05) is 11.9 Å². The van der Waals surface area contributed by atoms with Gasteiger partial charge in [-0.15, -0.1) is 0 Å². The van der Waals surface area contributed by atoms with Crippen LogP contribution in [-0.2, 0) is 4.74 Å². The molecule has 1 aliphatic heterocycles. The first-order chi connectivity index (χ1) is 11.6. The minimum Gasteiger partial charge on any atom is -0.508 e. The van der Waals surface area contributed by atoms with Crippen molar-refractivity contribution < 1.29 is 19.3 Å². The molecule has 9 heteroatoms. The molecule has 8 nitrogen and oxygen atoms in total. The number of nitrogens with zero attached hydrogens (tertiary/aromatic N) is 4. The molecule has 1 atom stereocenters. The first-order valence-corrected chi connectivity index (χ1v) is 7.42. The van der Waals surface area contributed by atoms with E-state index in [2.05, 4.69) is 20.3 Å². The number of phenols is 2. The van der Waals surface area contributed by atoms with E-state index in [4.69, 9.17) is 4.74 Å². The highest BCUT2D eigenvalue weighted by Gasteiger charge is 2.22. The van der Waals surface area contributed by atoms with Crippen LogP contribution in [0.4, 0.5) is 15.9 Å². The molecular formula is C15H14FN5O3. The molecule has 0 amide bonds. The number of benzene rings is 1. The minimum absolute atomic E-state index is 0.0500. The molecule has 1 unspecified atom stereocenters. The summed E-state index contributed by atoms with van der Waals surface area (Å²) < 4.78 is 21.1. The van der Waals surface area contributed by atoms with Crippen LogP contribution in [0.5, 0.6) is 11.5 Å². The molecule has 0 radical (unpaired) electrons. The Bertz CT molecular complexity index is 908. The smallest absolute Gasteiger partial charge is 0.312 e. The summed E-state index contributed by atoms with van der Waals surface area (Å²) in [4.78, 5) is 11.8. The molecule has 3 N–H and O–H groups in total. The second kappa shape index (κ2) is 5.60. The van der Waals surface area contributed by atoms with Crippen molar-refractivity contribution in [3.63, 3.8) is 0 Å². The van der Waals surface area contributed by atoms with Gasteiger partial charge in [0.2, 0.25) is 0 Å². The van der Waals surface area contributed by atoms with Crippen molar-refractivity contribution in [3.8, 4) is 11.5 Å². The van der Waals surface area contributed by atoms with Crippen LogP contribution in [0.2, 0.25) is 0 Å². The van der Waals surface area contributed by atoms with Gasteiger partial charge in [-0.2, -0.15) is 14.4 Å². The lowest BCUT2D eigenvalue weighted by atomic mass is 10.2. The molecule has 1 saturated heterocycles. The first-order valence-electron chi connectivity index (χ1n) is 7.42. The van der Waals surface area contributed by atoms with Crippen molar-refractivity contribution in [3.05, 3.63) is 30.6 Å². The summed E-state index contributed by atoms with van der Waals surface area (Å²) in [5.41, 5.74) is 0.826. The van der Waals surface area contributed by atoms with Crippen LogP contribution >= 0.6 is 0 Å². The van der Waals surface area contributed by atoms with Crippen LogP contribution in [0.1, 0.15) is 19.1 Å². The normalized spacial score (nSPS) is 17.5. The largest absolute Gasteiger partial charge is 0.508 e. The van der Waals surface area contributed by atoms with Gasteiger partial charge in [-0.3, -0.25) is 4.57 Å². The van der Waals surface area contributed by atoms with E-state index < -0.39 is 6.08 Å². The third kappa shape index (κ3) is 2.48. The summed E-state index contributed by atoms with van der Waals surface area (Å²) in [6, 6.07) is 3.96. The highest BCUT2D eigenvalue weighted by Crippen LogP contribution is 2.33. The van der Waals surface area contributed by atoms with Crippen molar-refractivity contribution in [1.82, 2.24) is 19.5 Å². The standard InChI is InChI=1S/C15H14FN5O3/c16-15-19-13(18-9-6-8(22)3-4-10(9)23)12-14(20-15)21(7-17-12)11-2-1-5-24-11/h3-4,6-7,11,22-23H,1-2,5H2,(H,18,19,20). The molecule has 3 aromatic rings. The monoisotopic (exact) mass is 331 g/mol. The Balaban J connectivity index is 1.79. The van der Waals surface area contributed by atoms with Gasteiger partial charge in [-0.05, 0) is 25.0 Å². The van der Waals surface area contributed by atoms with Gasteiger partial charge in [-0.25, -0.2) is 4.98 Å². The van der Waals surface area contributed by atoms with E-state index in [1.54, 1.807) is 4.57 Å². The zero-order valence-electron chi connectivity index (χ0n) is 12.5. The highest BCUT2D eigenvalue weighted by atomic mass is 19.1. The topological polar surface area (TPSA) is 105 Å². The summed E-state index contributed by atoms with van der Waals surface area (Å²) in [5.74, 6) is -0.0698. The molecule has 1 fully saturated rings. The van der Waals surface area contributed by atoms with Crippen molar-refractivity contribution >= 4 is 22.7 Å². The Morgan fingerprint density at radius 1 is 1.29 bits per heavy atom. The van der Waals surface area contributed by atoms with E-state index in [0.29, 0.717) is 17.8 Å². The molecule has 0 bridgehead atoms. The molecule has 2 aromatic heterocycles. The number of aromatic nitrogens is 4. The molecular weight excluding hydrogens is 317 g/mol. The summed E-state index contributed by atoms with van der Waals surface area (Å²) in [5, 5.41) is 22.2. The molecule has 4 rings (SSSR count). The lowest BCUT2D eigenvalue weighted by molar-refractivity contribution is 0.0592. The van der Waals surface area contributed by atoms with Crippen LogP contribution < -0.4 is 5.32 Å². The number of halogens is 1. The quantitative estimate of drug-likeness (QED) is 0.384. The number of nitrogens with one attached hydrogen (secondary N) is 1. The number of phenolic OH excluding ortho intramolecular Hbond substituents is 2. The van der Waals surface area contributed by atoms with E-state index in [-0.39, 0.29) is 29.2 Å². The molecule has 1 aliphatic rings. The lowest BCUT2D eigenvalue weighted by Gasteiger charge is -2.12. The number of anilines is 2. The van der Waals surface area contributed by atoms with Gasteiger partial charge in [0.25, 0.3) is 0 Å². The summed E-state index contributed by atoms with van der Waals surface area (Å²) in [6.45, 7) is 0.639. The van der Waals surface area contributed by atoms with E-state index >= 15 is 0 Å². The maximum absolute atomic E-state index is 13.9. The Labute approximate surface area is 135 Å². The van der Waals surface area contributed by atoms with Gasteiger partial charge in [-0.1, -0.05) is 0 Å². The second-order valence-electron chi connectivity index (χ2n) is 5.46.